The maximum Gasteiger partial charge on any atom is 0.260 e. The van der Waals surface area contributed by atoms with Crippen LogP contribution in [-0.2, 0) is 4.79 Å². The molecule has 1 amide bonds. The third-order valence-corrected chi connectivity index (χ3v) is 4.60. The average Bonchev–Trinajstić information content (AvgIpc) is 3.08. The number of rotatable bonds is 7. The van der Waals surface area contributed by atoms with E-state index in [0.29, 0.717) is 25.4 Å². The van der Waals surface area contributed by atoms with Crippen LogP contribution < -0.4 is 15.2 Å². The third kappa shape index (κ3) is 4.55. The Bertz CT molecular complexity index is 703. The lowest BCUT2D eigenvalue weighted by Gasteiger charge is -2.17. The van der Waals surface area contributed by atoms with Crippen molar-refractivity contribution in [3.63, 3.8) is 0 Å². The van der Waals surface area contributed by atoms with Crippen molar-refractivity contribution >= 4 is 5.91 Å². The number of nitrogens with two attached hydrogens (primary N) is 1. The first-order valence-electron chi connectivity index (χ1n) is 9.11. The van der Waals surface area contributed by atoms with Crippen molar-refractivity contribution in [1.29, 1.82) is 0 Å². The lowest BCUT2D eigenvalue weighted by molar-refractivity contribution is -0.132. The first kappa shape index (κ1) is 18.3. The van der Waals surface area contributed by atoms with Gasteiger partial charge in [-0.3, -0.25) is 4.79 Å². The van der Waals surface area contributed by atoms with E-state index in [4.69, 9.17) is 15.2 Å². The van der Waals surface area contributed by atoms with E-state index in [2.05, 4.69) is 19.1 Å². The Labute approximate surface area is 154 Å². The molecule has 1 fully saturated rings. The van der Waals surface area contributed by atoms with Gasteiger partial charge in [-0.2, -0.15) is 0 Å². The first-order valence-corrected chi connectivity index (χ1v) is 9.11. The predicted octanol–water partition coefficient (Wildman–Crippen LogP) is 2.81. The van der Waals surface area contributed by atoms with Crippen molar-refractivity contribution in [2.24, 2.45) is 5.73 Å². The number of carbonyl (C=O) groups is 1. The zero-order valence-electron chi connectivity index (χ0n) is 15.1. The molecule has 0 spiro atoms. The molecular weight excluding hydrogens is 328 g/mol. The van der Waals surface area contributed by atoms with Crippen molar-refractivity contribution in [1.82, 2.24) is 4.90 Å². The molecule has 138 valence electrons. The van der Waals surface area contributed by atoms with Crippen LogP contribution in [0.4, 0.5) is 0 Å². The monoisotopic (exact) mass is 354 g/mol. The standard InChI is InChI=1S/C21H26N2O3/c1-2-12-25-17-8-10-18(11-9-17)26-15-21(24)23-13-19(20(22)14-23)16-6-4-3-5-7-16/h3-11,19-20H,2,12-15,22H2,1H3/t19-,20+/m0/s1. The minimum atomic E-state index is -0.0450. The number of likely N-dealkylation sites (tertiary alicyclic amines) is 1. The molecule has 1 heterocycles. The molecule has 5 nitrogen and oxygen atoms in total. The first-order chi connectivity index (χ1) is 12.7. The third-order valence-electron chi connectivity index (χ3n) is 4.60. The Kier molecular flexibility index (Phi) is 6.12. The highest BCUT2D eigenvalue weighted by Gasteiger charge is 2.33. The number of hydrogen-bond donors (Lipinski definition) is 1. The second-order valence-corrected chi connectivity index (χ2v) is 6.59. The smallest absolute Gasteiger partial charge is 0.260 e. The van der Waals surface area contributed by atoms with Crippen LogP contribution >= 0.6 is 0 Å². The van der Waals surface area contributed by atoms with Gasteiger partial charge >= 0.3 is 0 Å². The number of nitrogens with zero attached hydrogens (tertiary/aromatic N) is 1. The van der Waals surface area contributed by atoms with Gasteiger partial charge in [-0.15, -0.1) is 0 Å². The summed E-state index contributed by atoms with van der Waals surface area (Å²) in [5.41, 5.74) is 7.43. The fourth-order valence-corrected chi connectivity index (χ4v) is 3.17. The van der Waals surface area contributed by atoms with E-state index in [0.717, 1.165) is 12.2 Å². The van der Waals surface area contributed by atoms with Gasteiger partial charge in [-0.1, -0.05) is 37.3 Å². The minimum Gasteiger partial charge on any atom is -0.494 e. The Morgan fingerprint density at radius 3 is 2.35 bits per heavy atom. The summed E-state index contributed by atoms with van der Waals surface area (Å²) in [5.74, 6) is 1.60. The summed E-state index contributed by atoms with van der Waals surface area (Å²) in [6, 6.07) is 17.4. The summed E-state index contributed by atoms with van der Waals surface area (Å²) in [6.07, 6.45) is 0.967. The highest BCUT2D eigenvalue weighted by atomic mass is 16.5. The van der Waals surface area contributed by atoms with Crippen molar-refractivity contribution in [3.8, 4) is 11.5 Å². The molecule has 2 aromatic carbocycles. The van der Waals surface area contributed by atoms with Crippen LogP contribution in [0.1, 0.15) is 24.8 Å². The number of amides is 1. The van der Waals surface area contributed by atoms with Gasteiger partial charge in [0.1, 0.15) is 11.5 Å². The molecule has 0 bridgehead atoms. The zero-order chi connectivity index (χ0) is 18.4. The van der Waals surface area contributed by atoms with Crippen LogP contribution in [0.15, 0.2) is 54.6 Å². The Balaban J connectivity index is 1.51. The fraction of sp³-hybridized carbons (Fsp3) is 0.381. The van der Waals surface area contributed by atoms with Crippen LogP contribution in [0.2, 0.25) is 0 Å². The number of ether oxygens (including phenoxy) is 2. The topological polar surface area (TPSA) is 64.8 Å². The molecule has 2 atom stereocenters. The number of benzene rings is 2. The highest BCUT2D eigenvalue weighted by Crippen LogP contribution is 2.26. The molecule has 0 saturated carbocycles. The number of hydrogen-bond acceptors (Lipinski definition) is 4. The molecule has 3 rings (SSSR count). The molecule has 5 heteroatoms. The van der Waals surface area contributed by atoms with E-state index >= 15 is 0 Å². The quantitative estimate of drug-likeness (QED) is 0.830. The van der Waals surface area contributed by atoms with Crippen LogP contribution in [0, 0.1) is 0 Å². The average molecular weight is 354 g/mol. The van der Waals surface area contributed by atoms with Crippen molar-refractivity contribution < 1.29 is 14.3 Å². The Morgan fingerprint density at radius 2 is 1.69 bits per heavy atom. The minimum absolute atomic E-state index is 0.0173. The van der Waals surface area contributed by atoms with Crippen LogP contribution in [-0.4, -0.2) is 43.2 Å². The summed E-state index contributed by atoms with van der Waals surface area (Å²) >= 11 is 0. The van der Waals surface area contributed by atoms with Crippen molar-refractivity contribution in [3.05, 3.63) is 60.2 Å². The molecule has 0 aliphatic carbocycles. The van der Waals surface area contributed by atoms with Crippen molar-refractivity contribution in [2.75, 3.05) is 26.3 Å². The Morgan fingerprint density at radius 1 is 1.04 bits per heavy atom. The lowest BCUT2D eigenvalue weighted by Crippen LogP contribution is -2.35. The molecule has 1 aliphatic rings. The van der Waals surface area contributed by atoms with Gasteiger partial charge in [0, 0.05) is 25.0 Å². The normalized spacial score (nSPS) is 19.4. The van der Waals surface area contributed by atoms with Crippen molar-refractivity contribution in [2.45, 2.75) is 25.3 Å². The predicted molar refractivity (Wildman–Crippen MR) is 101 cm³/mol. The summed E-state index contributed by atoms with van der Waals surface area (Å²) in [6.45, 7) is 3.97. The maximum absolute atomic E-state index is 12.5. The molecule has 2 N–H and O–H groups in total. The summed E-state index contributed by atoms with van der Waals surface area (Å²) < 4.78 is 11.2. The van der Waals surface area contributed by atoms with Gasteiger partial charge in [0.15, 0.2) is 6.61 Å². The van der Waals surface area contributed by atoms with Gasteiger partial charge in [-0.25, -0.2) is 0 Å². The van der Waals surface area contributed by atoms with E-state index < -0.39 is 0 Å². The highest BCUT2D eigenvalue weighted by molar-refractivity contribution is 5.78. The second-order valence-electron chi connectivity index (χ2n) is 6.59. The van der Waals surface area contributed by atoms with E-state index in [-0.39, 0.29) is 24.5 Å². The summed E-state index contributed by atoms with van der Waals surface area (Å²) in [7, 11) is 0. The molecule has 2 aromatic rings. The molecule has 0 radical (unpaired) electrons. The van der Waals surface area contributed by atoms with E-state index in [1.54, 1.807) is 4.90 Å². The van der Waals surface area contributed by atoms with E-state index in [9.17, 15) is 4.79 Å². The van der Waals surface area contributed by atoms with Crippen LogP contribution in [0.25, 0.3) is 0 Å². The van der Waals surface area contributed by atoms with Gasteiger partial charge in [-0.05, 0) is 36.2 Å². The zero-order valence-corrected chi connectivity index (χ0v) is 15.1. The van der Waals surface area contributed by atoms with Gasteiger partial charge in [0.25, 0.3) is 5.91 Å². The Hall–Kier alpha value is -2.53. The van der Waals surface area contributed by atoms with E-state index in [1.807, 2.05) is 42.5 Å². The summed E-state index contributed by atoms with van der Waals surface area (Å²) in [4.78, 5) is 14.3. The maximum atomic E-state index is 12.5. The molecule has 0 aromatic heterocycles. The van der Waals surface area contributed by atoms with Gasteiger partial charge in [0.05, 0.1) is 6.61 Å². The van der Waals surface area contributed by atoms with E-state index in [1.165, 1.54) is 5.56 Å². The summed E-state index contributed by atoms with van der Waals surface area (Å²) in [5, 5.41) is 0. The molecule has 26 heavy (non-hydrogen) atoms. The van der Waals surface area contributed by atoms with Crippen LogP contribution in [0.3, 0.4) is 0 Å². The molecule has 0 unspecified atom stereocenters. The fourth-order valence-electron chi connectivity index (χ4n) is 3.17. The van der Waals surface area contributed by atoms with Crippen LogP contribution in [0.5, 0.6) is 11.5 Å². The van der Waals surface area contributed by atoms with Gasteiger partial charge in [0.2, 0.25) is 0 Å². The molecular formula is C21H26N2O3. The second kappa shape index (κ2) is 8.72. The lowest BCUT2D eigenvalue weighted by atomic mass is 9.95. The number of carbonyl (C=O) groups excluding carboxylic acids is 1. The molecule has 1 aliphatic heterocycles. The molecule has 1 saturated heterocycles. The SMILES string of the molecule is CCCOc1ccc(OCC(=O)N2C[C@@H](N)[C@H](c3ccccc3)C2)cc1. The van der Waals surface area contributed by atoms with Gasteiger partial charge < -0.3 is 20.1 Å². The largest absolute Gasteiger partial charge is 0.494 e.